The summed E-state index contributed by atoms with van der Waals surface area (Å²) in [6.45, 7) is 2.26. The molecule has 0 saturated carbocycles. The van der Waals surface area contributed by atoms with Gasteiger partial charge in [0.05, 0.1) is 0 Å². The number of alkyl halides is 1. The highest BCUT2D eigenvalue weighted by Gasteiger charge is 2.01. The lowest BCUT2D eigenvalue weighted by Gasteiger charge is -2.06. The van der Waals surface area contributed by atoms with E-state index in [4.69, 9.17) is 0 Å². The van der Waals surface area contributed by atoms with Gasteiger partial charge in [-0.05, 0) is 46.2 Å². The van der Waals surface area contributed by atoms with Crippen LogP contribution in [-0.4, -0.2) is 4.43 Å². The molecule has 0 aliphatic rings. The summed E-state index contributed by atoms with van der Waals surface area (Å²) in [5.41, 5.74) is 1.44. The van der Waals surface area contributed by atoms with Gasteiger partial charge >= 0.3 is 0 Å². The Hall–Kier alpha value is 0.680. The first-order valence-electron chi connectivity index (χ1n) is 3.55. The molecule has 0 radical (unpaired) electrons. The molecule has 0 unspecified atom stereocenters. The van der Waals surface area contributed by atoms with Crippen LogP contribution in [0.15, 0.2) is 24.3 Å². The van der Waals surface area contributed by atoms with E-state index in [2.05, 4.69) is 76.4 Å². The number of halogens is 2. The van der Waals surface area contributed by atoms with Gasteiger partial charge < -0.3 is 0 Å². The lowest BCUT2D eigenvalue weighted by atomic mass is 10.0. The molecule has 1 aromatic rings. The molecule has 0 amide bonds. The zero-order chi connectivity index (χ0) is 8.27. The fraction of sp³-hybridized carbons (Fsp3) is 0.333. The minimum Gasteiger partial charge on any atom is -0.0857 e. The van der Waals surface area contributed by atoms with E-state index < -0.39 is 0 Å². The van der Waals surface area contributed by atoms with E-state index in [1.54, 1.807) is 0 Å². The van der Waals surface area contributed by atoms with Crippen LogP contribution < -0.4 is 0 Å². The number of hydrogen-bond donors (Lipinski definition) is 0. The van der Waals surface area contributed by atoms with Crippen LogP contribution in [-0.2, 0) is 0 Å². The second-order valence-corrected chi connectivity index (χ2v) is 4.73. The van der Waals surface area contributed by atoms with Crippen molar-refractivity contribution in [2.24, 2.45) is 0 Å². The van der Waals surface area contributed by atoms with Crippen molar-refractivity contribution >= 4 is 45.2 Å². The smallest absolute Gasteiger partial charge is 0.0130 e. The highest BCUT2D eigenvalue weighted by molar-refractivity contribution is 14.1. The maximum absolute atomic E-state index is 2.42. The van der Waals surface area contributed by atoms with Crippen LogP contribution in [0.4, 0.5) is 0 Å². The van der Waals surface area contributed by atoms with E-state index in [9.17, 15) is 0 Å². The van der Waals surface area contributed by atoms with Crippen molar-refractivity contribution in [1.29, 1.82) is 0 Å². The topological polar surface area (TPSA) is 0 Å². The van der Waals surface area contributed by atoms with E-state index in [-0.39, 0.29) is 0 Å². The van der Waals surface area contributed by atoms with E-state index in [1.807, 2.05) is 0 Å². The van der Waals surface area contributed by atoms with Crippen LogP contribution in [0.1, 0.15) is 18.4 Å². The Morgan fingerprint density at radius 3 is 2.27 bits per heavy atom. The molecule has 0 aliphatic carbocycles. The van der Waals surface area contributed by atoms with Gasteiger partial charge in [0.25, 0.3) is 0 Å². The molecule has 0 heterocycles. The Balaban J connectivity index is 2.81. The van der Waals surface area contributed by atoms with Gasteiger partial charge in [-0.15, -0.1) is 0 Å². The molecule has 11 heavy (non-hydrogen) atoms. The van der Waals surface area contributed by atoms with Gasteiger partial charge in [-0.2, -0.15) is 0 Å². The SMILES string of the molecule is C[C@H](CI)c1ccc(I)cc1. The minimum absolute atomic E-state index is 0.688. The predicted octanol–water partition coefficient (Wildman–Crippen LogP) is 3.83. The summed E-state index contributed by atoms with van der Waals surface area (Å²) >= 11 is 4.75. The van der Waals surface area contributed by atoms with Gasteiger partial charge in [0.1, 0.15) is 0 Å². The molecule has 0 fully saturated rings. The average Bonchev–Trinajstić information content (AvgIpc) is 2.05. The maximum atomic E-state index is 2.42. The largest absolute Gasteiger partial charge is 0.0857 e. The van der Waals surface area contributed by atoms with Crippen LogP contribution in [0.5, 0.6) is 0 Å². The molecule has 0 nitrogen and oxygen atoms in total. The van der Waals surface area contributed by atoms with Crippen molar-refractivity contribution in [2.75, 3.05) is 4.43 Å². The summed E-state index contributed by atoms with van der Waals surface area (Å²) in [5.74, 6) is 0.688. The van der Waals surface area contributed by atoms with Crippen molar-refractivity contribution in [3.05, 3.63) is 33.4 Å². The fourth-order valence-electron chi connectivity index (χ4n) is 0.880. The van der Waals surface area contributed by atoms with E-state index in [0.717, 1.165) is 0 Å². The van der Waals surface area contributed by atoms with Crippen LogP contribution in [0.25, 0.3) is 0 Å². The first-order valence-corrected chi connectivity index (χ1v) is 6.16. The molecule has 1 rings (SSSR count). The zero-order valence-electron chi connectivity index (χ0n) is 6.35. The van der Waals surface area contributed by atoms with Gasteiger partial charge in [-0.25, -0.2) is 0 Å². The van der Waals surface area contributed by atoms with E-state index in [1.165, 1.54) is 13.6 Å². The lowest BCUT2D eigenvalue weighted by Crippen LogP contribution is -1.93. The van der Waals surface area contributed by atoms with Crippen LogP contribution in [0, 0.1) is 3.57 Å². The summed E-state index contributed by atoms with van der Waals surface area (Å²) in [6.07, 6.45) is 0. The molecule has 0 aliphatic heterocycles. The third-order valence-electron chi connectivity index (χ3n) is 1.67. The molecular weight excluding hydrogens is 362 g/mol. The fourth-order valence-corrected chi connectivity index (χ4v) is 1.75. The van der Waals surface area contributed by atoms with Gasteiger partial charge in [0.2, 0.25) is 0 Å². The lowest BCUT2D eigenvalue weighted by molar-refractivity contribution is 0.895. The molecule has 0 N–H and O–H groups in total. The van der Waals surface area contributed by atoms with Crippen LogP contribution in [0.2, 0.25) is 0 Å². The molecule has 0 saturated heterocycles. The van der Waals surface area contributed by atoms with Crippen molar-refractivity contribution < 1.29 is 0 Å². The highest BCUT2D eigenvalue weighted by atomic mass is 127. The van der Waals surface area contributed by atoms with E-state index >= 15 is 0 Å². The molecule has 2 heteroatoms. The highest BCUT2D eigenvalue weighted by Crippen LogP contribution is 2.18. The predicted molar refractivity (Wildman–Crippen MR) is 66.5 cm³/mol. The maximum Gasteiger partial charge on any atom is 0.0130 e. The van der Waals surface area contributed by atoms with Gasteiger partial charge in [-0.1, -0.05) is 41.6 Å². The number of rotatable bonds is 2. The van der Waals surface area contributed by atoms with Crippen molar-refractivity contribution in [2.45, 2.75) is 12.8 Å². The van der Waals surface area contributed by atoms with Crippen molar-refractivity contribution in [3.63, 3.8) is 0 Å². The molecule has 1 aromatic carbocycles. The summed E-state index contributed by atoms with van der Waals surface area (Å²) in [5, 5.41) is 0. The van der Waals surface area contributed by atoms with Crippen LogP contribution in [0.3, 0.4) is 0 Å². The molecule has 0 aromatic heterocycles. The average molecular weight is 372 g/mol. The molecular formula is C9H10I2. The Bertz CT molecular complexity index is 216. The summed E-state index contributed by atoms with van der Waals surface area (Å²) in [6, 6.07) is 8.76. The quantitative estimate of drug-likeness (QED) is 0.547. The normalized spacial score (nSPS) is 13.0. The number of benzene rings is 1. The summed E-state index contributed by atoms with van der Waals surface area (Å²) < 4.78 is 2.50. The minimum atomic E-state index is 0.688. The Labute approximate surface area is 95.0 Å². The first kappa shape index (κ1) is 9.77. The van der Waals surface area contributed by atoms with Crippen LogP contribution >= 0.6 is 45.2 Å². The third kappa shape index (κ3) is 2.89. The third-order valence-corrected chi connectivity index (χ3v) is 3.71. The molecule has 0 bridgehead atoms. The standard InChI is InChI=1S/C9H10I2/c1-7(6-10)8-2-4-9(11)5-3-8/h2-5,7H,6H2,1H3/t7-/m1/s1. The first-order chi connectivity index (χ1) is 5.24. The molecule has 60 valence electrons. The van der Waals surface area contributed by atoms with E-state index in [0.29, 0.717) is 5.92 Å². The number of hydrogen-bond acceptors (Lipinski definition) is 0. The van der Waals surface area contributed by atoms with Crippen molar-refractivity contribution in [1.82, 2.24) is 0 Å². The second-order valence-electron chi connectivity index (χ2n) is 2.61. The zero-order valence-corrected chi connectivity index (χ0v) is 10.7. The second kappa shape index (κ2) is 4.64. The Morgan fingerprint density at radius 1 is 1.27 bits per heavy atom. The molecule has 0 spiro atoms. The van der Waals surface area contributed by atoms with Gasteiger partial charge in [0, 0.05) is 8.00 Å². The Kier molecular flexibility index (Phi) is 4.12. The summed E-state index contributed by atoms with van der Waals surface area (Å²) in [7, 11) is 0. The Morgan fingerprint density at radius 2 is 1.82 bits per heavy atom. The van der Waals surface area contributed by atoms with Gasteiger partial charge in [0.15, 0.2) is 0 Å². The monoisotopic (exact) mass is 372 g/mol. The van der Waals surface area contributed by atoms with Gasteiger partial charge in [-0.3, -0.25) is 0 Å². The molecule has 1 atom stereocenters. The van der Waals surface area contributed by atoms with Crippen molar-refractivity contribution in [3.8, 4) is 0 Å². The summed E-state index contributed by atoms with van der Waals surface area (Å²) in [4.78, 5) is 0.